The fraction of sp³-hybridized carbons (Fsp3) is 0.250. The maximum atomic E-state index is 10.7. The van der Waals surface area contributed by atoms with Gasteiger partial charge >= 0.3 is 0 Å². The number of benzene rings is 2. The average molecular weight is 349 g/mol. The zero-order chi connectivity index (χ0) is 17.5. The van der Waals surface area contributed by atoms with Crippen molar-refractivity contribution in [1.29, 1.82) is 0 Å². The molecule has 1 N–H and O–H groups in total. The number of hydrogen-bond acceptors (Lipinski definition) is 6. The van der Waals surface area contributed by atoms with Gasteiger partial charge in [0, 0.05) is 24.8 Å². The minimum atomic E-state index is -0.548. The van der Waals surface area contributed by atoms with E-state index in [9.17, 15) is 10.1 Å². The lowest BCUT2D eigenvalue weighted by Gasteiger charge is -2.21. The largest absolute Gasteiger partial charge is 0.395 e. The Hall–Kier alpha value is -2.51. The van der Waals surface area contributed by atoms with Gasteiger partial charge in [0.2, 0.25) is 0 Å². The van der Waals surface area contributed by atoms with Crippen LogP contribution in [-0.4, -0.2) is 29.7 Å². The van der Waals surface area contributed by atoms with E-state index in [1.807, 2.05) is 36.1 Å². The van der Waals surface area contributed by atoms with Gasteiger partial charge in [-0.25, -0.2) is 0 Å². The van der Waals surface area contributed by atoms with Crippen LogP contribution in [0.2, 0.25) is 5.02 Å². The molecule has 0 atom stereocenters. The van der Waals surface area contributed by atoms with Crippen LogP contribution in [0.1, 0.15) is 6.92 Å². The van der Waals surface area contributed by atoms with Crippen molar-refractivity contribution in [3.8, 4) is 0 Å². The molecule has 8 heteroatoms. The Labute approximate surface area is 144 Å². The van der Waals surface area contributed by atoms with E-state index in [-0.39, 0.29) is 17.3 Å². The van der Waals surface area contributed by atoms with E-state index < -0.39 is 4.92 Å². The second kappa shape index (κ2) is 8.37. The molecule has 0 bridgehead atoms. The number of halogens is 1. The lowest BCUT2D eigenvalue weighted by atomic mass is 10.2. The molecule has 0 saturated heterocycles. The summed E-state index contributed by atoms with van der Waals surface area (Å²) in [7, 11) is 0. The zero-order valence-corrected chi connectivity index (χ0v) is 13.8. The number of rotatable bonds is 7. The van der Waals surface area contributed by atoms with Crippen molar-refractivity contribution in [3.05, 3.63) is 57.6 Å². The van der Waals surface area contributed by atoms with E-state index in [0.717, 1.165) is 12.2 Å². The number of likely N-dealkylation sites (N-methyl/N-ethyl adjacent to an activating group) is 1. The van der Waals surface area contributed by atoms with Gasteiger partial charge in [-0.05, 0) is 43.3 Å². The molecule has 0 radical (unpaired) electrons. The summed E-state index contributed by atoms with van der Waals surface area (Å²) < 4.78 is 0. The van der Waals surface area contributed by atoms with Gasteiger partial charge in [-0.2, -0.15) is 10.2 Å². The van der Waals surface area contributed by atoms with Crippen molar-refractivity contribution in [3.63, 3.8) is 0 Å². The highest BCUT2D eigenvalue weighted by Crippen LogP contribution is 2.29. The van der Waals surface area contributed by atoms with Gasteiger partial charge in [0.05, 0.1) is 22.9 Å². The molecule has 7 nitrogen and oxygen atoms in total. The summed E-state index contributed by atoms with van der Waals surface area (Å²) in [4.78, 5) is 12.2. The second-order valence-electron chi connectivity index (χ2n) is 4.91. The van der Waals surface area contributed by atoms with Gasteiger partial charge in [-0.15, -0.1) is 0 Å². The fourth-order valence-corrected chi connectivity index (χ4v) is 2.39. The molecule has 24 heavy (non-hydrogen) atoms. The Balaban J connectivity index is 2.12. The van der Waals surface area contributed by atoms with Crippen molar-refractivity contribution >= 4 is 34.4 Å². The molecule has 0 fully saturated rings. The molecule has 2 aromatic carbocycles. The summed E-state index contributed by atoms with van der Waals surface area (Å²) in [5, 5.41) is 27.9. The van der Waals surface area contributed by atoms with Crippen molar-refractivity contribution < 1.29 is 10.0 Å². The summed E-state index contributed by atoms with van der Waals surface area (Å²) in [6, 6.07) is 11.6. The number of aliphatic hydroxyl groups excluding tert-OH is 1. The molecule has 0 saturated carbocycles. The van der Waals surface area contributed by atoms with Gasteiger partial charge in [-0.3, -0.25) is 10.1 Å². The molecule has 2 aromatic rings. The quantitative estimate of drug-likeness (QED) is 0.453. The van der Waals surface area contributed by atoms with Gasteiger partial charge in [0.1, 0.15) is 5.02 Å². The van der Waals surface area contributed by atoms with E-state index >= 15 is 0 Å². The van der Waals surface area contributed by atoms with E-state index in [2.05, 4.69) is 10.2 Å². The van der Waals surface area contributed by atoms with Crippen LogP contribution < -0.4 is 4.90 Å². The van der Waals surface area contributed by atoms with Crippen LogP contribution in [-0.2, 0) is 0 Å². The molecule has 2 rings (SSSR count). The number of aliphatic hydroxyl groups is 1. The van der Waals surface area contributed by atoms with Crippen LogP contribution in [0.15, 0.2) is 52.7 Å². The Kier molecular flexibility index (Phi) is 6.22. The normalized spacial score (nSPS) is 11.0. The van der Waals surface area contributed by atoms with Gasteiger partial charge in [0.15, 0.2) is 0 Å². The molecule has 0 heterocycles. The molecule has 0 aromatic heterocycles. The summed E-state index contributed by atoms with van der Waals surface area (Å²) in [6.07, 6.45) is 0. The minimum Gasteiger partial charge on any atom is -0.395 e. The predicted molar refractivity (Wildman–Crippen MR) is 93.7 cm³/mol. The zero-order valence-electron chi connectivity index (χ0n) is 13.1. The average Bonchev–Trinajstić information content (AvgIpc) is 2.58. The Morgan fingerprint density at radius 2 is 1.79 bits per heavy atom. The lowest BCUT2D eigenvalue weighted by Crippen LogP contribution is -2.25. The van der Waals surface area contributed by atoms with E-state index in [1.54, 1.807) is 0 Å². The molecule has 126 valence electrons. The molecular formula is C16H17ClN4O3. The van der Waals surface area contributed by atoms with Crippen LogP contribution in [0.25, 0.3) is 0 Å². The Morgan fingerprint density at radius 3 is 2.33 bits per heavy atom. The summed E-state index contributed by atoms with van der Waals surface area (Å²) in [5.74, 6) is 0. The van der Waals surface area contributed by atoms with Crippen LogP contribution in [0, 0.1) is 10.1 Å². The first-order valence-electron chi connectivity index (χ1n) is 7.36. The van der Waals surface area contributed by atoms with Crippen molar-refractivity contribution in [1.82, 2.24) is 0 Å². The first-order chi connectivity index (χ1) is 11.5. The highest BCUT2D eigenvalue weighted by atomic mass is 35.5. The van der Waals surface area contributed by atoms with Crippen LogP contribution >= 0.6 is 11.6 Å². The maximum absolute atomic E-state index is 10.7. The monoisotopic (exact) mass is 348 g/mol. The van der Waals surface area contributed by atoms with Gasteiger partial charge in [-0.1, -0.05) is 11.6 Å². The molecule has 0 aliphatic rings. The first-order valence-corrected chi connectivity index (χ1v) is 7.74. The van der Waals surface area contributed by atoms with E-state index in [4.69, 9.17) is 16.7 Å². The molecule has 0 spiro atoms. The topological polar surface area (TPSA) is 91.3 Å². The second-order valence-corrected chi connectivity index (χ2v) is 5.32. The summed E-state index contributed by atoms with van der Waals surface area (Å²) in [5.41, 5.74) is 1.91. The third kappa shape index (κ3) is 4.50. The molecule has 0 unspecified atom stereocenters. The number of anilines is 1. The first kappa shape index (κ1) is 17.8. The van der Waals surface area contributed by atoms with E-state index in [1.165, 1.54) is 18.2 Å². The SMILES string of the molecule is CCN(CCO)c1ccc(N=Nc2ccc([N+](=O)[O-])c(Cl)c2)cc1. The predicted octanol–water partition coefficient (Wildman–Crippen LogP) is 4.48. The Bertz CT molecular complexity index is 735. The minimum absolute atomic E-state index is 0.0226. The van der Waals surface area contributed by atoms with Crippen LogP contribution in [0.5, 0.6) is 0 Å². The molecular weight excluding hydrogens is 332 g/mol. The fourth-order valence-electron chi connectivity index (χ4n) is 2.14. The lowest BCUT2D eigenvalue weighted by molar-refractivity contribution is -0.384. The number of nitro groups is 1. The van der Waals surface area contributed by atoms with Crippen molar-refractivity contribution in [2.75, 3.05) is 24.6 Å². The number of hydrogen-bond donors (Lipinski definition) is 1. The van der Waals surface area contributed by atoms with Crippen LogP contribution in [0.4, 0.5) is 22.7 Å². The number of nitro benzene ring substituents is 1. The number of nitrogens with zero attached hydrogens (tertiary/aromatic N) is 4. The third-order valence-electron chi connectivity index (χ3n) is 3.38. The molecule has 0 amide bonds. The third-order valence-corrected chi connectivity index (χ3v) is 3.68. The maximum Gasteiger partial charge on any atom is 0.288 e. The summed E-state index contributed by atoms with van der Waals surface area (Å²) in [6.45, 7) is 3.47. The van der Waals surface area contributed by atoms with Crippen LogP contribution in [0.3, 0.4) is 0 Å². The van der Waals surface area contributed by atoms with Gasteiger partial charge < -0.3 is 10.0 Å². The molecule has 0 aliphatic heterocycles. The Morgan fingerprint density at radius 1 is 1.17 bits per heavy atom. The van der Waals surface area contributed by atoms with Crippen molar-refractivity contribution in [2.45, 2.75) is 6.92 Å². The highest BCUT2D eigenvalue weighted by molar-refractivity contribution is 6.32. The summed E-state index contributed by atoms with van der Waals surface area (Å²) >= 11 is 5.84. The van der Waals surface area contributed by atoms with Crippen molar-refractivity contribution in [2.24, 2.45) is 10.2 Å². The highest BCUT2D eigenvalue weighted by Gasteiger charge is 2.11. The molecule has 0 aliphatic carbocycles. The standard InChI is InChI=1S/C16H17ClN4O3/c1-2-20(9-10-22)14-6-3-12(4-7-14)18-19-13-5-8-16(21(23)24)15(17)11-13/h3-8,11,22H,2,9-10H2,1H3. The van der Waals surface area contributed by atoms with E-state index in [0.29, 0.717) is 17.9 Å². The smallest absolute Gasteiger partial charge is 0.288 e. The van der Waals surface area contributed by atoms with Gasteiger partial charge in [0.25, 0.3) is 5.69 Å². The number of azo groups is 1.